The summed E-state index contributed by atoms with van der Waals surface area (Å²) in [5.74, 6) is 0. The highest BCUT2D eigenvalue weighted by Gasteiger charge is 2.14. The van der Waals surface area contributed by atoms with Crippen molar-refractivity contribution in [2.75, 3.05) is 33.4 Å². The van der Waals surface area contributed by atoms with Crippen LogP contribution in [0.5, 0.6) is 0 Å². The number of hydrogen-bond donors (Lipinski definition) is 1. The second-order valence-corrected chi connectivity index (χ2v) is 3.44. The lowest BCUT2D eigenvalue weighted by Crippen LogP contribution is -2.30. The summed E-state index contributed by atoms with van der Waals surface area (Å²) in [5, 5.41) is 9.52. The second-order valence-electron chi connectivity index (χ2n) is 3.44. The van der Waals surface area contributed by atoms with Crippen molar-refractivity contribution in [3.63, 3.8) is 0 Å². The smallest absolute Gasteiger partial charge is 0.0689 e. The van der Waals surface area contributed by atoms with Crippen molar-refractivity contribution in [2.24, 2.45) is 0 Å². The van der Waals surface area contributed by atoms with Gasteiger partial charge in [0.2, 0.25) is 0 Å². The van der Waals surface area contributed by atoms with E-state index in [1.807, 2.05) is 0 Å². The van der Waals surface area contributed by atoms with Crippen molar-refractivity contribution >= 4 is 0 Å². The maximum atomic E-state index is 9.52. The molecule has 1 heterocycles. The summed E-state index contributed by atoms with van der Waals surface area (Å²) < 4.78 is 4.90. The molecule has 1 aliphatic rings. The summed E-state index contributed by atoms with van der Waals surface area (Å²) in [6, 6.07) is 0. The molecule has 1 aliphatic heterocycles. The van der Waals surface area contributed by atoms with Crippen LogP contribution in [0.4, 0.5) is 0 Å². The van der Waals surface area contributed by atoms with E-state index in [2.05, 4.69) is 4.90 Å². The Morgan fingerprint density at radius 3 is 2.67 bits per heavy atom. The highest BCUT2D eigenvalue weighted by molar-refractivity contribution is 4.69. The van der Waals surface area contributed by atoms with Crippen LogP contribution in [-0.4, -0.2) is 49.5 Å². The minimum atomic E-state index is -0.206. The third-order valence-electron chi connectivity index (χ3n) is 2.32. The van der Waals surface area contributed by atoms with Gasteiger partial charge in [-0.2, -0.15) is 0 Å². The first-order valence-electron chi connectivity index (χ1n) is 4.72. The van der Waals surface area contributed by atoms with Gasteiger partial charge in [-0.05, 0) is 32.4 Å². The van der Waals surface area contributed by atoms with E-state index < -0.39 is 0 Å². The Kier molecular flexibility index (Phi) is 4.58. The van der Waals surface area contributed by atoms with Gasteiger partial charge < -0.3 is 14.7 Å². The molecule has 3 nitrogen and oxygen atoms in total. The Balaban J connectivity index is 2.03. The van der Waals surface area contributed by atoms with Crippen LogP contribution in [0.2, 0.25) is 0 Å². The van der Waals surface area contributed by atoms with Gasteiger partial charge in [0.1, 0.15) is 0 Å². The minimum Gasteiger partial charge on any atom is -0.392 e. The van der Waals surface area contributed by atoms with Crippen LogP contribution in [0.3, 0.4) is 0 Å². The number of aliphatic hydroxyl groups is 1. The third-order valence-corrected chi connectivity index (χ3v) is 2.32. The fraction of sp³-hybridized carbons (Fsp3) is 1.00. The van der Waals surface area contributed by atoms with Gasteiger partial charge >= 0.3 is 0 Å². The number of methoxy groups -OCH3 is 1. The second kappa shape index (κ2) is 5.51. The molecular weight excluding hydrogens is 154 g/mol. The number of ether oxygens (including phenoxy) is 1. The van der Waals surface area contributed by atoms with E-state index in [0.29, 0.717) is 6.61 Å². The number of β-amino-alcohol motifs (C(OH)–C–C–N with tert-alkyl or cyclic N) is 1. The van der Waals surface area contributed by atoms with Crippen molar-refractivity contribution in [2.45, 2.75) is 25.4 Å². The lowest BCUT2D eigenvalue weighted by atomic mass is 10.2. The SMILES string of the molecule is COCCC(O)CN1CCCC1. The van der Waals surface area contributed by atoms with Crippen LogP contribution in [0.1, 0.15) is 19.3 Å². The van der Waals surface area contributed by atoms with Crippen molar-refractivity contribution in [1.82, 2.24) is 4.90 Å². The molecule has 12 heavy (non-hydrogen) atoms. The molecular formula is C9H19NO2. The average molecular weight is 173 g/mol. The van der Waals surface area contributed by atoms with Crippen LogP contribution < -0.4 is 0 Å². The Morgan fingerprint density at radius 1 is 1.42 bits per heavy atom. The molecule has 0 saturated carbocycles. The largest absolute Gasteiger partial charge is 0.392 e. The van der Waals surface area contributed by atoms with E-state index in [4.69, 9.17) is 4.74 Å². The molecule has 0 spiro atoms. The standard InChI is InChI=1S/C9H19NO2/c1-12-7-4-9(11)8-10-5-2-3-6-10/h9,11H,2-8H2,1H3. The van der Waals surface area contributed by atoms with Gasteiger partial charge in [0.15, 0.2) is 0 Å². The normalized spacial score (nSPS) is 21.5. The first kappa shape index (κ1) is 9.96. The number of rotatable bonds is 5. The van der Waals surface area contributed by atoms with Gasteiger partial charge in [-0.25, -0.2) is 0 Å². The molecule has 1 fully saturated rings. The van der Waals surface area contributed by atoms with Crippen LogP contribution >= 0.6 is 0 Å². The average Bonchev–Trinajstić information content (AvgIpc) is 2.53. The lowest BCUT2D eigenvalue weighted by Gasteiger charge is -2.18. The Hall–Kier alpha value is -0.120. The first-order chi connectivity index (χ1) is 5.83. The van der Waals surface area contributed by atoms with E-state index in [0.717, 1.165) is 26.1 Å². The Bertz CT molecular complexity index is 113. The molecule has 1 saturated heterocycles. The molecule has 0 aliphatic carbocycles. The van der Waals surface area contributed by atoms with Crippen LogP contribution in [-0.2, 0) is 4.74 Å². The molecule has 72 valence electrons. The molecule has 0 aromatic carbocycles. The molecule has 0 amide bonds. The van der Waals surface area contributed by atoms with E-state index >= 15 is 0 Å². The van der Waals surface area contributed by atoms with Gasteiger partial charge in [-0.3, -0.25) is 0 Å². The number of nitrogens with zero attached hydrogens (tertiary/aromatic N) is 1. The van der Waals surface area contributed by atoms with Crippen molar-refractivity contribution in [3.05, 3.63) is 0 Å². The maximum Gasteiger partial charge on any atom is 0.0689 e. The summed E-state index contributed by atoms with van der Waals surface area (Å²) in [6.45, 7) is 3.80. The van der Waals surface area contributed by atoms with Crippen LogP contribution in [0, 0.1) is 0 Å². The molecule has 1 atom stereocenters. The van der Waals surface area contributed by atoms with Gasteiger partial charge in [-0.1, -0.05) is 0 Å². The summed E-state index contributed by atoms with van der Waals surface area (Å²) in [6.07, 6.45) is 3.13. The summed E-state index contributed by atoms with van der Waals surface area (Å²) in [5.41, 5.74) is 0. The van der Waals surface area contributed by atoms with Crippen molar-refractivity contribution in [3.8, 4) is 0 Å². The van der Waals surface area contributed by atoms with Gasteiger partial charge in [0.25, 0.3) is 0 Å². The van der Waals surface area contributed by atoms with Crippen molar-refractivity contribution < 1.29 is 9.84 Å². The Morgan fingerprint density at radius 2 is 2.08 bits per heavy atom. The van der Waals surface area contributed by atoms with E-state index in [9.17, 15) is 5.11 Å². The number of likely N-dealkylation sites (tertiary alicyclic amines) is 1. The fourth-order valence-electron chi connectivity index (χ4n) is 1.61. The molecule has 1 N–H and O–H groups in total. The quantitative estimate of drug-likeness (QED) is 0.656. The zero-order valence-electron chi connectivity index (χ0n) is 7.83. The zero-order chi connectivity index (χ0) is 8.81. The predicted octanol–water partition coefficient (Wildman–Crippen LogP) is 0.480. The van der Waals surface area contributed by atoms with Gasteiger partial charge in [-0.15, -0.1) is 0 Å². The van der Waals surface area contributed by atoms with E-state index in [1.54, 1.807) is 7.11 Å². The number of hydrogen-bond acceptors (Lipinski definition) is 3. The van der Waals surface area contributed by atoms with Crippen LogP contribution in [0.25, 0.3) is 0 Å². The fourth-order valence-corrected chi connectivity index (χ4v) is 1.61. The highest BCUT2D eigenvalue weighted by Crippen LogP contribution is 2.08. The van der Waals surface area contributed by atoms with Gasteiger partial charge in [0, 0.05) is 20.3 Å². The summed E-state index contributed by atoms with van der Waals surface area (Å²) in [4.78, 5) is 2.32. The van der Waals surface area contributed by atoms with Crippen molar-refractivity contribution in [1.29, 1.82) is 0 Å². The zero-order valence-corrected chi connectivity index (χ0v) is 7.83. The molecule has 0 aromatic heterocycles. The first-order valence-corrected chi connectivity index (χ1v) is 4.72. The molecule has 0 aromatic rings. The minimum absolute atomic E-state index is 0.206. The molecule has 0 bridgehead atoms. The number of aliphatic hydroxyl groups excluding tert-OH is 1. The summed E-state index contributed by atoms with van der Waals surface area (Å²) >= 11 is 0. The third kappa shape index (κ3) is 3.52. The highest BCUT2D eigenvalue weighted by atomic mass is 16.5. The Labute approximate surface area is 74.3 Å². The summed E-state index contributed by atoms with van der Waals surface area (Å²) in [7, 11) is 1.67. The topological polar surface area (TPSA) is 32.7 Å². The monoisotopic (exact) mass is 173 g/mol. The molecule has 1 rings (SSSR count). The molecule has 1 unspecified atom stereocenters. The van der Waals surface area contributed by atoms with E-state index in [-0.39, 0.29) is 6.10 Å². The predicted molar refractivity (Wildman–Crippen MR) is 48.2 cm³/mol. The van der Waals surface area contributed by atoms with Crippen LogP contribution in [0.15, 0.2) is 0 Å². The molecule has 0 radical (unpaired) electrons. The van der Waals surface area contributed by atoms with E-state index in [1.165, 1.54) is 12.8 Å². The molecule has 3 heteroatoms. The van der Waals surface area contributed by atoms with Gasteiger partial charge in [0.05, 0.1) is 6.10 Å². The lowest BCUT2D eigenvalue weighted by molar-refractivity contribution is 0.0828. The maximum absolute atomic E-state index is 9.52.